The average molecular weight is 327 g/mol. The summed E-state index contributed by atoms with van der Waals surface area (Å²) in [5.41, 5.74) is -1.04. The molecule has 1 saturated heterocycles. The van der Waals surface area contributed by atoms with Gasteiger partial charge in [0, 0.05) is 19.3 Å². The van der Waals surface area contributed by atoms with E-state index < -0.39 is 36.3 Å². The van der Waals surface area contributed by atoms with Crippen LogP contribution >= 0.6 is 0 Å². The molecule has 0 radical (unpaired) electrons. The summed E-state index contributed by atoms with van der Waals surface area (Å²) in [6.45, 7) is 3.42. The lowest BCUT2D eigenvalue weighted by Crippen LogP contribution is -2.47. The fourth-order valence-corrected chi connectivity index (χ4v) is 5.88. The van der Waals surface area contributed by atoms with E-state index in [4.69, 9.17) is 0 Å². The summed E-state index contributed by atoms with van der Waals surface area (Å²) in [5, 5.41) is 8.27. The van der Waals surface area contributed by atoms with E-state index in [2.05, 4.69) is 0 Å². The van der Waals surface area contributed by atoms with Gasteiger partial charge in [-0.2, -0.15) is 0 Å². The number of hydrogen-bond donors (Lipinski definition) is 1. The van der Waals surface area contributed by atoms with Crippen LogP contribution in [0.2, 0.25) is 0 Å². The third-order valence-corrected chi connectivity index (χ3v) is 7.73. The van der Waals surface area contributed by atoms with Gasteiger partial charge >= 0.3 is 5.97 Å². The summed E-state index contributed by atoms with van der Waals surface area (Å²) in [6, 6.07) is 0. The molecule has 0 bridgehead atoms. The molecule has 20 heavy (non-hydrogen) atoms. The van der Waals surface area contributed by atoms with E-state index >= 15 is 0 Å². The molecule has 1 fully saturated rings. The zero-order valence-electron chi connectivity index (χ0n) is 11.9. The molecule has 0 amide bonds. The van der Waals surface area contributed by atoms with Crippen molar-refractivity contribution in [1.82, 2.24) is 4.31 Å². The molecule has 0 aromatic heterocycles. The van der Waals surface area contributed by atoms with Crippen LogP contribution in [0.25, 0.3) is 0 Å². The second-order valence-corrected chi connectivity index (χ2v) is 10.4. The number of aliphatic carboxylic acids is 1. The standard InChI is InChI=1S/C11H21NO6S2/c1-11(2,10(13)14)9-5-4-6-12(7-9)20(17,18)8-19(3,15)16/h9H,4-8H2,1-3H3,(H,13,14). The lowest BCUT2D eigenvalue weighted by molar-refractivity contribution is -0.151. The molecule has 1 aliphatic heterocycles. The third-order valence-electron chi connectivity index (χ3n) is 3.71. The molecule has 1 rings (SSSR count). The van der Waals surface area contributed by atoms with Crippen LogP contribution in [-0.4, -0.2) is 56.6 Å². The van der Waals surface area contributed by atoms with Crippen molar-refractivity contribution in [3.63, 3.8) is 0 Å². The quantitative estimate of drug-likeness (QED) is 0.769. The van der Waals surface area contributed by atoms with Crippen LogP contribution in [0.5, 0.6) is 0 Å². The van der Waals surface area contributed by atoms with Gasteiger partial charge in [-0.25, -0.2) is 21.1 Å². The summed E-state index contributed by atoms with van der Waals surface area (Å²) in [6.07, 6.45) is 2.02. The fraction of sp³-hybridized carbons (Fsp3) is 0.909. The molecular weight excluding hydrogens is 306 g/mol. The molecule has 0 aliphatic carbocycles. The minimum absolute atomic E-state index is 0.0527. The Hall–Kier alpha value is -0.670. The normalized spacial score (nSPS) is 22.6. The van der Waals surface area contributed by atoms with E-state index in [1.54, 1.807) is 13.8 Å². The molecule has 1 N–H and O–H groups in total. The Morgan fingerprint density at radius 2 is 1.85 bits per heavy atom. The number of carboxylic acid groups (broad SMARTS) is 1. The maximum atomic E-state index is 12.0. The Labute approximate surface area is 119 Å². The van der Waals surface area contributed by atoms with Gasteiger partial charge in [0.15, 0.2) is 14.9 Å². The minimum Gasteiger partial charge on any atom is -0.481 e. The van der Waals surface area contributed by atoms with Crippen molar-refractivity contribution < 1.29 is 26.7 Å². The SMILES string of the molecule is CC(C)(C(=O)O)C1CCCN(S(=O)(=O)CS(C)(=O)=O)C1. The van der Waals surface area contributed by atoms with Crippen LogP contribution in [-0.2, 0) is 24.7 Å². The maximum absolute atomic E-state index is 12.0. The smallest absolute Gasteiger partial charge is 0.309 e. The number of carboxylic acids is 1. The van der Waals surface area contributed by atoms with Gasteiger partial charge in [-0.3, -0.25) is 4.79 Å². The molecule has 0 aromatic rings. The van der Waals surface area contributed by atoms with Crippen molar-refractivity contribution in [3.05, 3.63) is 0 Å². The highest BCUT2D eigenvalue weighted by atomic mass is 32.3. The molecule has 7 nitrogen and oxygen atoms in total. The number of piperidine rings is 1. The first-order valence-electron chi connectivity index (χ1n) is 6.25. The molecule has 1 heterocycles. The van der Waals surface area contributed by atoms with Gasteiger partial charge in [0.25, 0.3) is 0 Å². The molecule has 1 unspecified atom stereocenters. The molecule has 1 atom stereocenters. The Morgan fingerprint density at radius 1 is 1.30 bits per heavy atom. The Bertz CT molecular complexity index is 578. The molecular formula is C11H21NO6S2. The lowest BCUT2D eigenvalue weighted by Gasteiger charge is -2.38. The van der Waals surface area contributed by atoms with Gasteiger partial charge in [0.2, 0.25) is 10.0 Å². The van der Waals surface area contributed by atoms with Crippen molar-refractivity contribution in [1.29, 1.82) is 0 Å². The molecule has 9 heteroatoms. The van der Waals surface area contributed by atoms with Crippen LogP contribution in [0.15, 0.2) is 0 Å². The van der Waals surface area contributed by atoms with E-state index in [1.165, 1.54) is 0 Å². The number of nitrogens with zero attached hydrogens (tertiary/aromatic N) is 1. The number of sulfone groups is 1. The first-order valence-corrected chi connectivity index (χ1v) is 9.92. The van der Waals surface area contributed by atoms with Gasteiger partial charge in [0.05, 0.1) is 5.41 Å². The summed E-state index contributed by atoms with van der Waals surface area (Å²) in [5.74, 6) is -1.31. The highest BCUT2D eigenvalue weighted by Gasteiger charge is 2.41. The summed E-state index contributed by atoms with van der Waals surface area (Å²) in [4.78, 5) is 11.2. The predicted molar refractivity (Wildman–Crippen MR) is 74.3 cm³/mol. The second-order valence-electron chi connectivity index (χ2n) is 5.88. The molecule has 0 spiro atoms. The Morgan fingerprint density at radius 3 is 2.30 bits per heavy atom. The summed E-state index contributed by atoms with van der Waals surface area (Å²) >= 11 is 0. The van der Waals surface area contributed by atoms with Crippen molar-refractivity contribution >= 4 is 25.8 Å². The topological polar surface area (TPSA) is 109 Å². The Balaban J connectivity index is 2.93. The monoisotopic (exact) mass is 327 g/mol. The number of carbonyl (C=O) groups is 1. The van der Waals surface area contributed by atoms with E-state index in [-0.39, 0.29) is 19.0 Å². The van der Waals surface area contributed by atoms with Crippen LogP contribution in [0.4, 0.5) is 0 Å². The third kappa shape index (κ3) is 4.16. The second kappa shape index (κ2) is 5.61. The van der Waals surface area contributed by atoms with Crippen LogP contribution in [0.1, 0.15) is 26.7 Å². The van der Waals surface area contributed by atoms with Gasteiger partial charge in [-0.05, 0) is 32.6 Å². The maximum Gasteiger partial charge on any atom is 0.309 e. The highest BCUT2D eigenvalue weighted by Crippen LogP contribution is 2.35. The average Bonchev–Trinajstić information content (AvgIpc) is 2.25. The van der Waals surface area contributed by atoms with Crippen molar-refractivity contribution in [3.8, 4) is 0 Å². The highest BCUT2D eigenvalue weighted by molar-refractivity contribution is 8.06. The zero-order valence-corrected chi connectivity index (χ0v) is 13.5. The van der Waals surface area contributed by atoms with Crippen LogP contribution < -0.4 is 0 Å². The van der Waals surface area contributed by atoms with E-state index in [0.29, 0.717) is 12.8 Å². The molecule has 0 aromatic carbocycles. The van der Waals surface area contributed by atoms with Gasteiger partial charge < -0.3 is 5.11 Å². The Kier molecular flexibility index (Phi) is 4.87. The van der Waals surface area contributed by atoms with Gasteiger partial charge in [-0.15, -0.1) is 0 Å². The fourth-order valence-electron chi connectivity index (χ4n) is 2.30. The number of sulfonamides is 1. The van der Waals surface area contributed by atoms with E-state index in [1.807, 2.05) is 0 Å². The largest absolute Gasteiger partial charge is 0.481 e. The van der Waals surface area contributed by atoms with Crippen molar-refractivity contribution in [2.45, 2.75) is 26.7 Å². The molecule has 118 valence electrons. The van der Waals surface area contributed by atoms with E-state index in [0.717, 1.165) is 10.6 Å². The van der Waals surface area contributed by atoms with Gasteiger partial charge in [-0.1, -0.05) is 0 Å². The minimum atomic E-state index is -3.91. The number of rotatable bonds is 5. The first kappa shape index (κ1) is 17.4. The summed E-state index contributed by atoms with van der Waals surface area (Å²) in [7, 11) is -7.55. The number of hydrogen-bond acceptors (Lipinski definition) is 5. The molecule has 1 aliphatic rings. The van der Waals surface area contributed by atoms with Crippen LogP contribution in [0.3, 0.4) is 0 Å². The first-order chi connectivity index (χ1) is 8.86. The summed E-state index contributed by atoms with van der Waals surface area (Å²) < 4.78 is 47.5. The lowest BCUT2D eigenvalue weighted by atomic mass is 9.75. The molecule has 0 saturated carbocycles. The van der Waals surface area contributed by atoms with Gasteiger partial charge in [0.1, 0.15) is 0 Å². The predicted octanol–water partition coefficient (Wildman–Crippen LogP) is 0.141. The zero-order chi connectivity index (χ0) is 15.8. The van der Waals surface area contributed by atoms with E-state index in [9.17, 15) is 26.7 Å². The van der Waals surface area contributed by atoms with Crippen molar-refractivity contribution in [2.24, 2.45) is 11.3 Å². The van der Waals surface area contributed by atoms with Crippen LogP contribution in [0, 0.1) is 11.3 Å². The van der Waals surface area contributed by atoms with Crippen molar-refractivity contribution in [2.75, 3.05) is 24.4 Å².